The highest BCUT2D eigenvalue weighted by molar-refractivity contribution is 5.78. The minimum absolute atomic E-state index is 0.0430. The molecule has 0 aliphatic heterocycles. The van der Waals surface area contributed by atoms with E-state index in [4.69, 9.17) is 9.15 Å². The van der Waals surface area contributed by atoms with Crippen molar-refractivity contribution in [1.29, 1.82) is 0 Å². The Labute approximate surface area is 122 Å². The molecule has 1 aromatic heterocycles. The third-order valence-corrected chi connectivity index (χ3v) is 3.31. The Morgan fingerprint density at radius 3 is 2.71 bits per heavy atom. The molecule has 0 unspecified atom stereocenters. The van der Waals surface area contributed by atoms with E-state index in [0.717, 1.165) is 5.69 Å². The zero-order valence-corrected chi connectivity index (χ0v) is 11.6. The summed E-state index contributed by atoms with van der Waals surface area (Å²) >= 11 is 0. The Hall–Kier alpha value is -2.75. The van der Waals surface area contributed by atoms with E-state index < -0.39 is 0 Å². The number of hydrogen-bond donors (Lipinski definition) is 1. The number of para-hydroxylation sites is 1. The van der Waals surface area contributed by atoms with Gasteiger partial charge in [-0.2, -0.15) is 0 Å². The van der Waals surface area contributed by atoms with E-state index in [-0.39, 0.29) is 5.43 Å². The number of nitrogens with one attached hydrogen (secondary N) is 1. The lowest BCUT2D eigenvalue weighted by Gasteiger charge is -2.07. The van der Waals surface area contributed by atoms with Gasteiger partial charge in [0.05, 0.1) is 24.3 Å². The molecule has 0 aliphatic rings. The van der Waals surface area contributed by atoms with E-state index >= 15 is 0 Å². The van der Waals surface area contributed by atoms with Gasteiger partial charge in [0.1, 0.15) is 11.3 Å². The van der Waals surface area contributed by atoms with E-state index in [1.165, 1.54) is 6.26 Å². The SMILES string of the molecule is COc1ccc2occ(CNc3ccccc3)c(=O)c2c1. The topological polar surface area (TPSA) is 51.5 Å². The predicted octanol–water partition coefficient (Wildman–Crippen LogP) is 3.41. The molecule has 4 heteroatoms. The smallest absolute Gasteiger partial charge is 0.197 e. The fourth-order valence-corrected chi connectivity index (χ4v) is 2.15. The maximum absolute atomic E-state index is 12.5. The molecule has 4 nitrogen and oxygen atoms in total. The molecule has 1 heterocycles. The second-order valence-electron chi connectivity index (χ2n) is 4.67. The summed E-state index contributed by atoms with van der Waals surface area (Å²) in [5, 5.41) is 3.73. The van der Waals surface area contributed by atoms with Crippen molar-refractivity contribution in [2.24, 2.45) is 0 Å². The average molecular weight is 281 g/mol. The summed E-state index contributed by atoms with van der Waals surface area (Å²) in [6, 6.07) is 14.9. The van der Waals surface area contributed by atoms with Crippen LogP contribution in [0, 0.1) is 0 Å². The summed E-state index contributed by atoms with van der Waals surface area (Å²) in [4.78, 5) is 12.5. The maximum Gasteiger partial charge on any atom is 0.197 e. The molecule has 1 N–H and O–H groups in total. The van der Waals surface area contributed by atoms with Crippen molar-refractivity contribution in [3.8, 4) is 5.75 Å². The quantitative estimate of drug-likeness (QED) is 0.796. The molecule has 0 bridgehead atoms. The van der Waals surface area contributed by atoms with Crippen molar-refractivity contribution in [1.82, 2.24) is 0 Å². The van der Waals surface area contributed by atoms with E-state index in [2.05, 4.69) is 5.32 Å². The highest BCUT2D eigenvalue weighted by Gasteiger charge is 2.08. The summed E-state index contributed by atoms with van der Waals surface area (Å²) < 4.78 is 10.7. The maximum atomic E-state index is 12.5. The van der Waals surface area contributed by atoms with Crippen molar-refractivity contribution in [3.05, 3.63) is 70.6 Å². The number of ether oxygens (including phenoxy) is 1. The third kappa shape index (κ3) is 2.74. The van der Waals surface area contributed by atoms with Crippen LogP contribution in [0.1, 0.15) is 5.56 Å². The van der Waals surface area contributed by atoms with Crippen LogP contribution >= 0.6 is 0 Å². The molecule has 0 amide bonds. The minimum atomic E-state index is -0.0430. The molecule has 0 radical (unpaired) electrons. The summed E-state index contributed by atoms with van der Waals surface area (Å²) in [6.45, 7) is 0.416. The van der Waals surface area contributed by atoms with E-state index in [1.807, 2.05) is 30.3 Å². The lowest BCUT2D eigenvalue weighted by molar-refractivity contribution is 0.415. The minimum Gasteiger partial charge on any atom is -0.497 e. The van der Waals surface area contributed by atoms with Gasteiger partial charge < -0.3 is 14.5 Å². The van der Waals surface area contributed by atoms with E-state index in [9.17, 15) is 4.79 Å². The van der Waals surface area contributed by atoms with Gasteiger partial charge >= 0.3 is 0 Å². The van der Waals surface area contributed by atoms with Crippen molar-refractivity contribution in [3.63, 3.8) is 0 Å². The molecule has 3 rings (SSSR count). The number of benzene rings is 2. The van der Waals surface area contributed by atoms with Crippen molar-refractivity contribution in [2.45, 2.75) is 6.54 Å². The van der Waals surface area contributed by atoms with Crippen LogP contribution < -0.4 is 15.5 Å². The van der Waals surface area contributed by atoms with Crippen LogP contribution in [0.2, 0.25) is 0 Å². The molecular formula is C17H15NO3. The van der Waals surface area contributed by atoms with Gasteiger partial charge in [0.15, 0.2) is 5.43 Å². The van der Waals surface area contributed by atoms with E-state index in [1.54, 1.807) is 25.3 Å². The zero-order valence-electron chi connectivity index (χ0n) is 11.6. The highest BCUT2D eigenvalue weighted by Crippen LogP contribution is 2.18. The van der Waals surface area contributed by atoms with Crippen molar-refractivity contribution >= 4 is 16.7 Å². The summed E-state index contributed by atoms with van der Waals surface area (Å²) in [5.41, 5.74) is 2.06. The summed E-state index contributed by atoms with van der Waals surface area (Å²) in [5.74, 6) is 0.642. The predicted molar refractivity (Wildman–Crippen MR) is 82.8 cm³/mol. The number of fused-ring (bicyclic) bond motifs is 1. The Morgan fingerprint density at radius 2 is 1.95 bits per heavy atom. The van der Waals surface area contributed by atoms with Crippen molar-refractivity contribution in [2.75, 3.05) is 12.4 Å². The zero-order chi connectivity index (χ0) is 14.7. The summed E-state index contributed by atoms with van der Waals surface area (Å²) in [6.07, 6.45) is 1.51. The molecular weight excluding hydrogens is 266 g/mol. The third-order valence-electron chi connectivity index (χ3n) is 3.31. The second-order valence-corrected chi connectivity index (χ2v) is 4.67. The fourth-order valence-electron chi connectivity index (χ4n) is 2.15. The molecule has 0 saturated heterocycles. The van der Waals surface area contributed by atoms with Gasteiger partial charge in [-0.1, -0.05) is 18.2 Å². The van der Waals surface area contributed by atoms with Gasteiger partial charge in [-0.3, -0.25) is 4.79 Å². The highest BCUT2D eigenvalue weighted by atomic mass is 16.5. The monoisotopic (exact) mass is 281 g/mol. The molecule has 0 spiro atoms. The molecule has 0 atom stereocenters. The van der Waals surface area contributed by atoms with Crippen LogP contribution in [0.3, 0.4) is 0 Å². The first-order chi connectivity index (χ1) is 10.3. The number of hydrogen-bond acceptors (Lipinski definition) is 4. The molecule has 2 aromatic carbocycles. The average Bonchev–Trinajstić information content (AvgIpc) is 2.55. The Bertz CT molecular complexity index is 809. The van der Waals surface area contributed by atoms with Crippen LogP contribution in [0.5, 0.6) is 5.75 Å². The largest absolute Gasteiger partial charge is 0.497 e. The van der Waals surface area contributed by atoms with Crippen molar-refractivity contribution < 1.29 is 9.15 Å². The van der Waals surface area contributed by atoms with Crippen LogP contribution in [-0.4, -0.2) is 7.11 Å². The standard InChI is InChI=1S/C17H15NO3/c1-20-14-7-8-16-15(9-14)17(19)12(11-21-16)10-18-13-5-3-2-4-6-13/h2-9,11,18H,10H2,1H3. The van der Waals surface area contributed by atoms with Crippen LogP contribution in [-0.2, 0) is 6.54 Å². The lowest BCUT2D eigenvalue weighted by atomic mass is 10.1. The van der Waals surface area contributed by atoms with Gasteiger partial charge in [-0.05, 0) is 30.3 Å². The number of methoxy groups -OCH3 is 1. The number of anilines is 1. The first-order valence-electron chi connectivity index (χ1n) is 6.65. The molecule has 21 heavy (non-hydrogen) atoms. The molecule has 0 fully saturated rings. The van der Waals surface area contributed by atoms with Crippen LogP contribution in [0.15, 0.2) is 64.0 Å². The van der Waals surface area contributed by atoms with Gasteiger partial charge in [0.25, 0.3) is 0 Å². The first-order valence-corrected chi connectivity index (χ1v) is 6.65. The van der Waals surface area contributed by atoms with Gasteiger partial charge in [-0.15, -0.1) is 0 Å². The van der Waals surface area contributed by atoms with Crippen LogP contribution in [0.25, 0.3) is 11.0 Å². The molecule has 3 aromatic rings. The van der Waals surface area contributed by atoms with E-state index in [0.29, 0.717) is 28.8 Å². The van der Waals surface area contributed by atoms with Gasteiger partial charge in [0.2, 0.25) is 0 Å². The Balaban J connectivity index is 1.92. The molecule has 0 aliphatic carbocycles. The number of rotatable bonds is 4. The first kappa shape index (κ1) is 13.2. The van der Waals surface area contributed by atoms with Gasteiger partial charge in [-0.25, -0.2) is 0 Å². The summed E-state index contributed by atoms with van der Waals surface area (Å²) in [7, 11) is 1.57. The van der Waals surface area contributed by atoms with Gasteiger partial charge in [0, 0.05) is 12.2 Å². The lowest BCUT2D eigenvalue weighted by Crippen LogP contribution is -2.12. The fraction of sp³-hybridized carbons (Fsp3) is 0.118. The second kappa shape index (κ2) is 5.71. The normalized spacial score (nSPS) is 10.5. The molecule has 0 saturated carbocycles. The Morgan fingerprint density at radius 1 is 1.14 bits per heavy atom. The molecule has 106 valence electrons. The Kier molecular flexibility index (Phi) is 3.60. The van der Waals surface area contributed by atoms with Crippen LogP contribution in [0.4, 0.5) is 5.69 Å².